The Kier molecular flexibility index (Phi) is 2.57. The van der Waals surface area contributed by atoms with E-state index in [1.54, 1.807) is 0 Å². The lowest BCUT2D eigenvalue weighted by Crippen LogP contribution is -2.09. The van der Waals surface area contributed by atoms with E-state index in [0.29, 0.717) is 0 Å². The Morgan fingerprint density at radius 2 is 1.88 bits per heavy atom. The van der Waals surface area contributed by atoms with Gasteiger partial charge in [-0.3, -0.25) is 4.79 Å². The summed E-state index contributed by atoms with van der Waals surface area (Å²) in [5, 5.41) is 18.2. The third-order valence-electron chi connectivity index (χ3n) is 3.19. The normalized spacial score (nSPS) is 24.2. The Bertz CT molecular complexity index is 511. The summed E-state index contributed by atoms with van der Waals surface area (Å²) in [6.07, 6.45) is 0. The summed E-state index contributed by atoms with van der Waals surface area (Å²) in [4.78, 5) is 11.6. The molecule has 0 spiro atoms. The molecule has 1 aromatic rings. The smallest absolute Gasteiger partial charge is 0.312 e. The van der Waals surface area contributed by atoms with Gasteiger partial charge in [-0.15, -0.1) is 0 Å². The highest BCUT2D eigenvalue weighted by molar-refractivity contribution is 5.82. The number of hydrogen-bond acceptors (Lipinski definition) is 4. The minimum atomic E-state index is -1.27. The maximum absolute atomic E-state index is 11.6. The molecule has 2 atom stereocenters. The number of benzene rings is 1. The van der Waals surface area contributed by atoms with Gasteiger partial charge >= 0.3 is 5.97 Å². The number of esters is 1. The molecular weight excluding hydrogens is 216 g/mol. The number of nitriles is 2. The summed E-state index contributed by atoms with van der Waals surface area (Å²) in [6, 6.07) is 13.0. The minimum absolute atomic E-state index is 0.383. The standard InChI is InChI=1S/C13H10N2O2/c1-17-12(16)11-10(13(11,7-14)8-15)9-5-3-2-4-6-9/h2-6,10-11H,1H3. The van der Waals surface area contributed by atoms with Crippen molar-refractivity contribution in [3.8, 4) is 12.1 Å². The van der Waals surface area contributed by atoms with Crippen LogP contribution >= 0.6 is 0 Å². The van der Waals surface area contributed by atoms with Gasteiger partial charge in [0, 0.05) is 5.92 Å². The van der Waals surface area contributed by atoms with Gasteiger partial charge < -0.3 is 4.74 Å². The summed E-state index contributed by atoms with van der Waals surface area (Å²) < 4.78 is 4.64. The van der Waals surface area contributed by atoms with Crippen LogP contribution in [-0.2, 0) is 9.53 Å². The first-order chi connectivity index (χ1) is 8.21. The molecule has 0 saturated heterocycles. The molecule has 2 rings (SSSR count). The second-order valence-electron chi connectivity index (χ2n) is 3.98. The summed E-state index contributed by atoms with van der Waals surface area (Å²) in [5.74, 6) is -1.56. The molecule has 17 heavy (non-hydrogen) atoms. The van der Waals surface area contributed by atoms with Crippen molar-refractivity contribution in [3.63, 3.8) is 0 Å². The molecule has 1 aliphatic rings. The Morgan fingerprint density at radius 1 is 1.29 bits per heavy atom. The van der Waals surface area contributed by atoms with Gasteiger partial charge in [0.15, 0.2) is 5.41 Å². The molecule has 4 nitrogen and oxygen atoms in total. The maximum Gasteiger partial charge on any atom is 0.312 e. The van der Waals surface area contributed by atoms with Crippen LogP contribution in [0.4, 0.5) is 0 Å². The van der Waals surface area contributed by atoms with Crippen LogP contribution in [0.1, 0.15) is 11.5 Å². The van der Waals surface area contributed by atoms with Crippen molar-refractivity contribution in [1.82, 2.24) is 0 Å². The van der Waals surface area contributed by atoms with E-state index in [1.165, 1.54) is 7.11 Å². The van der Waals surface area contributed by atoms with Gasteiger partial charge in [-0.05, 0) is 5.56 Å². The van der Waals surface area contributed by atoms with E-state index in [0.717, 1.165) is 5.56 Å². The largest absolute Gasteiger partial charge is 0.469 e. The molecule has 1 aromatic carbocycles. The average Bonchev–Trinajstić information content (AvgIpc) is 3.08. The highest BCUT2D eigenvalue weighted by Crippen LogP contribution is 2.64. The highest BCUT2D eigenvalue weighted by atomic mass is 16.5. The molecule has 0 aromatic heterocycles. The average molecular weight is 226 g/mol. The lowest BCUT2D eigenvalue weighted by molar-refractivity contribution is -0.142. The van der Waals surface area contributed by atoms with Gasteiger partial charge in [-0.1, -0.05) is 30.3 Å². The quantitative estimate of drug-likeness (QED) is 0.718. The molecule has 0 radical (unpaired) electrons. The van der Waals surface area contributed by atoms with Gasteiger partial charge in [0.05, 0.1) is 25.2 Å². The summed E-state index contributed by atoms with van der Waals surface area (Å²) >= 11 is 0. The number of carbonyl (C=O) groups excluding carboxylic acids is 1. The van der Waals surface area contributed by atoms with Crippen molar-refractivity contribution in [2.75, 3.05) is 7.11 Å². The van der Waals surface area contributed by atoms with Crippen molar-refractivity contribution < 1.29 is 9.53 Å². The summed E-state index contributed by atoms with van der Waals surface area (Å²) in [6.45, 7) is 0. The molecule has 0 bridgehead atoms. The van der Waals surface area contributed by atoms with Crippen LogP contribution in [0.3, 0.4) is 0 Å². The minimum Gasteiger partial charge on any atom is -0.469 e. The predicted molar refractivity (Wildman–Crippen MR) is 58.3 cm³/mol. The van der Waals surface area contributed by atoms with E-state index in [1.807, 2.05) is 42.5 Å². The predicted octanol–water partition coefficient (Wildman–Crippen LogP) is 1.61. The van der Waals surface area contributed by atoms with Gasteiger partial charge in [0.2, 0.25) is 0 Å². The van der Waals surface area contributed by atoms with Gasteiger partial charge in [-0.2, -0.15) is 10.5 Å². The topological polar surface area (TPSA) is 73.9 Å². The first-order valence-electron chi connectivity index (χ1n) is 5.16. The summed E-state index contributed by atoms with van der Waals surface area (Å²) in [7, 11) is 1.27. The first kappa shape index (κ1) is 11.2. The fourth-order valence-corrected chi connectivity index (χ4v) is 2.26. The fourth-order valence-electron chi connectivity index (χ4n) is 2.26. The Balaban J connectivity index is 2.40. The fraction of sp³-hybridized carbons (Fsp3) is 0.308. The van der Waals surface area contributed by atoms with Crippen LogP contribution in [0.5, 0.6) is 0 Å². The number of nitrogens with zero attached hydrogens (tertiary/aromatic N) is 2. The lowest BCUT2D eigenvalue weighted by atomic mass is 10.0. The Morgan fingerprint density at radius 3 is 2.35 bits per heavy atom. The van der Waals surface area contributed by atoms with E-state index in [9.17, 15) is 4.79 Å². The third kappa shape index (κ3) is 1.46. The highest BCUT2D eigenvalue weighted by Gasteiger charge is 2.71. The van der Waals surface area contributed by atoms with Crippen molar-refractivity contribution in [2.45, 2.75) is 5.92 Å². The van der Waals surface area contributed by atoms with Crippen LogP contribution in [0.25, 0.3) is 0 Å². The van der Waals surface area contributed by atoms with Crippen LogP contribution < -0.4 is 0 Å². The molecule has 1 aliphatic carbocycles. The third-order valence-corrected chi connectivity index (χ3v) is 3.19. The molecule has 0 amide bonds. The van der Waals surface area contributed by atoms with E-state index in [2.05, 4.69) is 4.74 Å². The molecule has 0 N–H and O–H groups in total. The monoisotopic (exact) mass is 226 g/mol. The van der Waals surface area contributed by atoms with Crippen LogP contribution in [0.2, 0.25) is 0 Å². The zero-order valence-electron chi connectivity index (χ0n) is 9.25. The van der Waals surface area contributed by atoms with Crippen LogP contribution in [-0.4, -0.2) is 13.1 Å². The number of methoxy groups -OCH3 is 1. The number of hydrogen-bond donors (Lipinski definition) is 0. The van der Waals surface area contributed by atoms with Crippen molar-refractivity contribution in [1.29, 1.82) is 10.5 Å². The van der Waals surface area contributed by atoms with Crippen molar-refractivity contribution in [3.05, 3.63) is 35.9 Å². The van der Waals surface area contributed by atoms with E-state index < -0.39 is 17.3 Å². The SMILES string of the molecule is COC(=O)C1C(c2ccccc2)C1(C#N)C#N. The van der Waals surface area contributed by atoms with E-state index in [4.69, 9.17) is 10.5 Å². The molecule has 0 heterocycles. The van der Waals surface area contributed by atoms with E-state index in [-0.39, 0.29) is 5.92 Å². The summed E-state index contributed by atoms with van der Waals surface area (Å²) in [5.41, 5.74) is -0.444. The molecule has 1 fully saturated rings. The van der Waals surface area contributed by atoms with Crippen LogP contribution in [0.15, 0.2) is 30.3 Å². The number of ether oxygens (including phenoxy) is 1. The molecule has 1 saturated carbocycles. The maximum atomic E-state index is 11.6. The van der Waals surface area contributed by atoms with Crippen molar-refractivity contribution in [2.24, 2.45) is 11.3 Å². The molecule has 84 valence electrons. The van der Waals surface area contributed by atoms with Gasteiger partial charge in [0.25, 0.3) is 0 Å². The van der Waals surface area contributed by atoms with Gasteiger partial charge in [-0.25, -0.2) is 0 Å². The van der Waals surface area contributed by atoms with Crippen molar-refractivity contribution >= 4 is 5.97 Å². The Hall–Kier alpha value is -2.33. The zero-order valence-corrected chi connectivity index (χ0v) is 9.25. The van der Waals surface area contributed by atoms with Gasteiger partial charge in [0.1, 0.15) is 0 Å². The second-order valence-corrected chi connectivity index (χ2v) is 3.98. The molecule has 4 heteroatoms. The first-order valence-corrected chi connectivity index (χ1v) is 5.16. The number of rotatable bonds is 2. The Labute approximate surface area is 99.0 Å². The number of carbonyl (C=O) groups is 1. The zero-order chi connectivity index (χ0) is 12.5. The molecule has 0 aliphatic heterocycles. The second kappa shape index (κ2) is 3.92. The van der Waals surface area contributed by atoms with Crippen LogP contribution in [0, 0.1) is 34.0 Å². The molecule has 2 unspecified atom stereocenters. The molecular formula is C13H10N2O2. The van der Waals surface area contributed by atoms with E-state index >= 15 is 0 Å². The lowest BCUT2D eigenvalue weighted by Gasteiger charge is -1.97.